The summed E-state index contributed by atoms with van der Waals surface area (Å²) in [4.78, 5) is 22.0. The Balaban J connectivity index is 2.08. The Morgan fingerprint density at radius 3 is 2.10 bits per heavy atom. The molecule has 0 aliphatic rings. The molecule has 0 N–H and O–H groups in total. The van der Waals surface area contributed by atoms with E-state index in [1.54, 1.807) is 51.5 Å². The lowest BCUT2D eigenvalue weighted by Gasteiger charge is -2.22. The fourth-order valence-electron chi connectivity index (χ4n) is 3.10. The summed E-state index contributed by atoms with van der Waals surface area (Å²) in [5.74, 6) is 2.19. The van der Waals surface area contributed by atoms with Crippen molar-refractivity contribution in [2.24, 2.45) is 0 Å². The van der Waals surface area contributed by atoms with E-state index in [2.05, 4.69) is 0 Å². The number of nitrogens with zero attached hydrogens (tertiary/aromatic N) is 3. The van der Waals surface area contributed by atoms with Gasteiger partial charge in [0.15, 0.2) is 16.6 Å². The van der Waals surface area contributed by atoms with E-state index in [1.165, 1.54) is 11.3 Å². The number of ether oxygens (including phenoxy) is 4. The molecule has 8 nitrogen and oxygen atoms in total. The van der Waals surface area contributed by atoms with Crippen LogP contribution >= 0.6 is 11.3 Å². The molecule has 0 fully saturated rings. The maximum absolute atomic E-state index is 13.5. The predicted octanol–water partition coefficient (Wildman–Crippen LogP) is 3.54. The summed E-state index contributed by atoms with van der Waals surface area (Å²) in [6.45, 7) is 1.13. The number of hydrogen-bond acceptors (Lipinski definition) is 8. The van der Waals surface area contributed by atoms with E-state index in [9.17, 15) is 4.79 Å². The third-order valence-electron chi connectivity index (χ3n) is 4.78. The number of methoxy groups -OCH3 is 4. The highest BCUT2D eigenvalue weighted by Gasteiger charge is 2.24. The first kappa shape index (κ1) is 22.6. The number of fused-ring (bicyclic) bond motifs is 1. The van der Waals surface area contributed by atoms with Gasteiger partial charge in [-0.05, 0) is 44.4 Å². The third kappa shape index (κ3) is 4.67. The molecule has 166 valence electrons. The quantitative estimate of drug-likeness (QED) is 0.499. The molecular formula is C22H27N3O5S. The van der Waals surface area contributed by atoms with Crippen molar-refractivity contribution in [2.75, 3.05) is 60.5 Å². The molecular weight excluding hydrogens is 418 g/mol. The van der Waals surface area contributed by atoms with Crippen LogP contribution in [0.5, 0.6) is 23.0 Å². The fraction of sp³-hybridized carbons (Fsp3) is 0.364. The number of hydrogen-bond donors (Lipinski definition) is 0. The lowest BCUT2D eigenvalue weighted by atomic mass is 10.1. The minimum Gasteiger partial charge on any atom is -0.495 e. The smallest absolute Gasteiger partial charge is 0.260 e. The van der Waals surface area contributed by atoms with Gasteiger partial charge in [-0.2, -0.15) is 0 Å². The lowest BCUT2D eigenvalue weighted by Crippen LogP contribution is -2.36. The van der Waals surface area contributed by atoms with E-state index in [1.807, 2.05) is 31.1 Å². The zero-order chi connectivity index (χ0) is 22.5. The minimum atomic E-state index is -0.181. The number of carbonyl (C=O) groups excluding carboxylic acids is 1. The van der Waals surface area contributed by atoms with Crippen LogP contribution in [-0.4, -0.2) is 71.4 Å². The lowest BCUT2D eigenvalue weighted by molar-refractivity contribution is 0.0985. The van der Waals surface area contributed by atoms with Gasteiger partial charge in [0.25, 0.3) is 5.91 Å². The van der Waals surface area contributed by atoms with E-state index in [4.69, 9.17) is 23.9 Å². The van der Waals surface area contributed by atoms with Crippen molar-refractivity contribution >= 4 is 32.6 Å². The first-order valence-electron chi connectivity index (χ1n) is 9.63. The van der Waals surface area contributed by atoms with Crippen LogP contribution < -0.4 is 23.8 Å². The van der Waals surface area contributed by atoms with Crippen molar-refractivity contribution in [1.82, 2.24) is 9.88 Å². The van der Waals surface area contributed by atoms with Gasteiger partial charge in [-0.25, -0.2) is 4.98 Å². The Morgan fingerprint density at radius 1 is 0.871 bits per heavy atom. The number of anilines is 1. The van der Waals surface area contributed by atoms with Crippen LogP contribution in [0.2, 0.25) is 0 Å². The molecule has 1 amide bonds. The zero-order valence-corrected chi connectivity index (χ0v) is 19.4. The summed E-state index contributed by atoms with van der Waals surface area (Å²) in [6.07, 6.45) is 0. The molecule has 9 heteroatoms. The van der Waals surface area contributed by atoms with Crippen LogP contribution in [0, 0.1) is 0 Å². The van der Waals surface area contributed by atoms with E-state index < -0.39 is 0 Å². The van der Waals surface area contributed by atoms with Crippen LogP contribution in [0.3, 0.4) is 0 Å². The molecule has 1 aromatic heterocycles. The highest BCUT2D eigenvalue weighted by molar-refractivity contribution is 7.22. The maximum atomic E-state index is 13.5. The van der Waals surface area contributed by atoms with Crippen LogP contribution in [0.1, 0.15) is 10.4 Å². The van der Waals surface area contributed by atoms with Crippen molar-refractivity contribution in [3.05, 3.63) is 35.9 Å². The van der Waals surface area contributed by atoms with Gasteiger partial charge in [0.2, 0.25) is 0 Å². The first-order chi connectivity index (χ1) is 14.9. The SMILES string of the molecule is COc1ccc(C(=O)N(CCN(C)C)c2nc3c(OC)ccc(OC)c3s2)cc1OC. The first-order valence-corrected chi connectivity index (χ1v) is 10.4. The largest absolute Gasteiger partial charge is 0.495 e. The van der Waals surface area contributed by atoms with Gasteiger partial charge in [0, 0.05) is 18.7 Å². The van der Waals surface area contributed by atoms with Gasteiger partial charge < -0.3 is 23.8 Å². The minimum absolute atomic E-state index is 0.181. The highest BCUT2D eigenvalue weighted by Crippen LogP contribution is 2.40. The summed E-state index contributed by atoms with van der Waals surface area (Å²) in [5.41, 5.74) is 1.14. The molecule has 0 saturated heterocycles. The van der Waals surface area contributed by atoms with Crippen molar-refractivity contribution in [3.63, 3.8) is 0 Å². The molecule has 0 unspecified atom stereocenters. The Bertz CT molecular complexity index is 1030. The van der Waals surface area contributed by atoms with Crippen LogP contribution in [0.4, 0.5) is 5.13 Å². The molecule has 0 aliphatic heterocycles. The molecule has 3 aromatic rings. The van der Waals surface area contributed by atoms with Crippen molar-refractivity contribution in [2.45, 2.75) is 0 Å². The predicted molar refractivity (Wildman–Crippen MR) is 123 cm³/mol. The van der Waals surface area contributed by atoms with Gasteiger partial charge >= 0.3 is 0 Å². The summed E-state index contributed by atoms with van der Waals surface area (Å²) in [5, 5.41) is 0.569. The topological polar surface area (TPSA) is 73.4 Å². The van der Waals surface area contributed by atoms with Gasteiger partial charge in [-0.15, -0.1) is 0 Å². The second-order valence-electron chi connectivity index (χ2n) is 6.97. The second kappa shape index (κ2) is 9.84. The molecule has 3 rings (SSSR count). The average molecular weight is 446 g/mol. The fourth-order valence-corrected chi connectivity index (χ4v) is 4.20. The number of likely N-dealkylation sites (N-methyl/N-ethyl adjacent to an activating group) is 1. The van der Waals surface area contributed by atoms with E-state index in [0.717, 1.165) is 4.70 Å². The van der Waals surface area contributed by atoms with E-state index in [-0.39, 0.29) is 5.91 Å². The molecule has 0 bridgehead atoms. The number of thiazole rings is 1. The molecule has 31 heavy (non-hydrogen) atoms. The monoisotopic (exact) mass is 445 g/mol. The maximum Gasteiger partial charge on any atom is 0.260 e. The molecule has 0 atom stereocenters. The molecule has 0 radical (unpaired) electrons. The Hall–Kier alpha value is -3.04. The van der Waals surface area contributed by atoms with Crippen molar-refractivity contribution in [1.29, 1.82) is 0 Å². The average Bonchev–Trinajstić information content (AvgIpc) is 3.22. The van der Waals surface area contributed by atoms with Crippen molar-refractivity contribution < 1.29 is 23.7 Å². The van der Waals surface area contributed by atoms with Crippen LogP contribution in [-0.2, 0) is 0 Å². The number of amides is 1. The second-order valence-corrected chi connectivity index (χ2v) is 7.95. The molecule has 0 aliphatic carbocycles. The summed E-state index contributed by atoms with van der Waals surface area (Å²) >= 11 is 1.39. The van der Waals surface area contributed by atoms with Gasteiger partial charge in [0.1, 0.15) is 21.7 Å². The van der Waals surface area contributed by atoms with E-state index >= 15 is 0 Å². The summed E-state index contributed by atoms with van der Waals surface area (Å²) < 4.78 is 22.4. The third-order valence-corrected chi connectivity index (χ3v) is 5.87. The number of carbonyl (C=O) groups is 1. The molecule has 1 heterocycles. The summed E-state index contributed by atoms with van der Waals surface area (Å²) in [7, 11) is 10.2. The highest BCUT2D eigenvalue weighted by atomic mass is 32.1. The molecule has 2 aromatic carbocycles. The molecule has 0 saturated carbocycles. The normalized spacial score (nSPS) is 10.9. The Kier molecular flexibility index (Phi) is 7.19. The number of aromatic nitrogens is 1. The number of rotatable bonds is 9. The Labute approximate surface area is 185 Å². The van der Waals surface area contributed by atoms with Crippen LogP contribution in [0.25, 0.3) is 10.2 Å². The molecule has 0 spiro atoms. The van der Waals surface area contributed by atoms with Gasteiger partial charge in [-0.1, -0.05) is 11.3 Å². The van der Waals surface area contributed by atoms with Crippen molar-refractivity contribution in [3.8, 4) is 23.0 Å². The van der Waals surface area contributed by atoms with Crippen LogP contribution in [0.15, 0.2) is 30.3 Å². The van der Waals surface area contributed by atoms with E-state index in [0.29, 0.717) is 52.3 Å². The van der Waals surface area contributed by atoms with Gasteiger partial charge in [-0.3, -0.25) is 9.69 Å². The Morgan fingerprint density at radius 2 is 1.48 bits per heavy atom. The van der Waals surface area contributed by atoms with Gasteiger partial charge in [0.05, 0.1) is 28.4 Å². The zero-order valence-electron chi connectivity index (χ0n) is 18.6. The number of benzene rings is 2. The standard InChI is InChI=1S/C22H27N3O5S/c1-24(2)11-12-25(21(26)14-7-8-15(27-3)18(13-14)30-6)22-23-19-16(28-4)9-10-17(29-5)20(19)31-22/h7-10,13H,11-12H2,1-6H3. The summed E-state index contributed by atoms with van der Waals surface area (Å²) in [6, 6.07) is 8.77.